The Morgan fingerprint density at radius 1 is 0.519 bits per heavy atom. The van der Waals surface area contributed by atoms with Crippen LogP contribution < -0.4 is 10.7 Å². The van der Waals surface area contributed by atoms with E-state index in [2.05, 4.69) is 145 Å². The van der Waals surface area contributed by atoms with Crippen molar-refractivity contribution in [1.29, 1.82) is 0 Å². The highest BCUT2D eigenvalue weighted by molar-refractivity contribution is 6.36. The molecule has 0 fully saturated rings. The third-order valence-corrected chi connectivity index (χ3v) is 9.86. The van der Waals surface area contributed by atoms with E-state index in [0.29, 0.717) is 13.2 Å². The molecular weight excluding hydrogens is 637 g/mol. The second kappa shape index (κ2) is 13.7. The molecular formula is C47H36N4O. The first-order chi connectivity index (χ1) is 25.8. The summed E-state index contributed by atoms with van der Waals surface area (Å²) in [7, 11) is 0. The van der Waals surface area contributed by atoms with Crippen molar-refractivity contribution in [3.05, 3.63) is 214 Å². The van der Waals surface area contributed by atoms with E-state index in [-0.39, 0.29) is 5.92 Å². The monoisotopic (exact) mass is 672 g/mol. The van der Waals surface area contributed by atoms with Crippen molar-refractivity contribution in [3.8, 4) is 0 Å². The van der Waals surface area contributed by atoms with Gasteiger partial charge in [-0.3, -0.25) is 4.99 Å². The summed E-state index contributed by atoms with van der Waals surface area (Å²) in [4.78, 5) is 19.9. The predicted molar refractivity (Wildman–Crippen MR) is 213 cm³/mol. The van der Waals surface area contributed by atoms with Gasteiger partial charge in [-0.15, -0.1) is 0 Å². The summed E-state index contributed by atoms with van der Waals surface area (Å²) in [6.45, 7) is 3.13. The number of rotatable bonds is 7. The number of fused-ring (bicyclic) bond motifs is 6. The molecule has 1 aromatic heterocycles. The highest BCUT2D eigenvalue weighted by atomic mass is 16.5. The number of aromatic nitrogens is 1. The van der Waals surface area contributed by atoms with Crippen LogP contribution in [0.3, 0.4) is 0 Å². The van der Waals surface area contributed by atoms with Gasteiger partial charge in [0.1, 0.15) is 0 Å². The molecule has 9 rings (SSSR count). The van der Waals surface area contributed by atoms with Crippen molar-refractivity contribution in [1.82, 2.24) is 4.98 Å². The van der Waals surface area contributed by atoms with E-state index in [1.165, 1.54) is 0 Å². The zero-order valence-electron chi connectivity index (χ0n) is 28.8. The molecule has 0 amide bonds. The Morgan fingerprint density at radius 3 is 1.54 bits per heavy atom. The molecule has 0 radical (unpaired) electrons. The Morgan fingerprint density at radius 2 is 0.981 bits per heavy atom. The summed E-state index contributed by atoms with van der Waals surface area (Å²) < 4.78 is 6.27. The number of allylic oxidation sites excluding steroid dienone is 6. The number of nitrogens with zero attached hydrogens (tertiary/aromatic N) is 3. The fourth-order valence-corrected chi connectivity index (χ4v) is 7.51. The zero-order valence-corrected chi connectivity index (χ0v) is 28.8. The fraction of sp³-hybridized carbons (Fsp3) is 0.0851. The first-order valence-electron chi connectivity index (χ1n) is 17.8. The van der Waals surface area contributed by atoms with Gasteiger partial charge in [0.05, 0.1) is 41.1 Å². The number of ether oxygens (including phenoxy) is 1. The lowest BCUT2D eigenvalue weighted by Crippen LogP contribution is -2.25. The third kappa shape index (κ3) is 5.71. The highest BCUT2D eigenvalue weighted by Crippen LogP contribution is 2.40. The van der Waals surface area contributed by atoms with E-state index >= 15 is 0 Å². The lowest BCUT2D eigenvalue weighted by Gasteiger charge is -2.22. The Balaban J connectivity index is 1.40. The van der Waals surface area contributed by atoms with Crippen LogP contribution in [0, 0.1) is 5.92 Å². The van der Waals surface area contributed by atoms with Gasteiger partial charge in [0.15, 0.2) is 0 Å². The number of nitrogens with one attached hydrogen (secondary N) is 1. The van der Waals surface area contributed by atoms with E-state index in [1.807, 2.05) is 31.3 Å². The van der Waals surface area contributed by atoms with Gasteiger partial charge in [0.25, 0.3) is 0 Å². The van der Waals surface area contributed by atoms with Crippen LogP contribution in [0.2, 0.25) is 0 Å². The number of H-pyrrole nitrogens is 1. The summed E-state index contributed by atoms with van der Waals surface area (Å²) in [5, 5.41) is 1.99. The van der Waals surface area contributed by atoms with E-state index < -0.39 is 0 Å². The molecule has 1 N–H and O–H groups in total. The molecule has 5 nitrogen and oxygen atoms in total. The smallest absolute Gasteiger partial charge is 0.0738 e. The number of aromatic amines is 1. The minimum atomic E-state index is -0.142. The predicted octanol–water partition coefficient (Wildman–Crippen LogP) is 8.26. The number of benzene rings is 4. The van der Waals surface area contributed by atoms with E-state index in [9.17, 15) is 0 Å². The number of hydrogen-bond donors (Lipinski definition) is 1. The van der Waals surface area contributed by atoms with E-state index in [4.69, 9.17) is 19.7 Å². The molecule has 52 heavy (non-hydrogen) atoms. The highest BCUT2D eigenvalue weighted by Gasteiger charge is 2.34. The minimum Gasteiger partial charge on any atom is -0.381 e. The van der Waals surface area contributed by atoms with Gasteiger partial charge < -0.3 is 9.72 Å². The van der Waals surface area contributed by atoms with Gasteiger partial charge >= 0.3 is 0 Å². The second-order valence-corrected chi connectivity index (χ2v) is 13.0. The molecule has 5 aromatic rings. The Labute approximate surface area is 303 Å². The van der Waals surface area contributed by atoms with Gasteiger partial charge in [-0.1, -0.05) is 121 Å². The molecule has 4 aliphatic heterocycles. The minimum absolute atomic E-state index is 0.142. The summed E-state index contributed by atoms with van der Waals surface area (Å²) in [5.41, 5.74) is 13.9. The average Bonchev–Trinajstić information content (AvgIpc) is 4.03. The average molecular weight is 673 g/mol. The van der Waals surface area contributed by atoms with Crippen LogP contribution in [-0.2, 0) is 4.74 Å². The van der Waals surface area contributed by atoms with Crippen molar-refractivity contribution >= 4 is 39.4 Å². The van der Waals surface area contributed by atoms with Gasteiger partial charge in [0.2, 0.25) is 0 Å². The largest absolute Gasteiger partial charge is 0.381 e. The van der Waals surface area contributed by atoms with Gasteiger partial charge in [-0.25, -0.2) is 9.98 Å². The maximum Gasteiger partial charge on any atom is 0.0738 e. The zero-order chi connectivity index (χ0) is 34.9. The van der Waals surface area contributed by atoms with Gasteiger partial charge in [-0.2, -0.15) is 0 Å². The second-order valence-electron chi connectivity index (χ2n) is 13.0. The van der Waals surface area contributed by atoms with Crippen LogP contribution in [0.4, 0.5) is 0 Å². The maximum absolute atomic E-state index is 6.27. The Kier molecular flexibility index (Phi) is 8.31. The molecule has 0 spiro atoms. The Bertz CT molecular complexity index is 2560. The molecule has 4 aromatic carbocycles. The van der Waals surface area contributed by atoms with Gasteiger partial charge in [0, 0.05) is 45.8 Å². The third-order valence-electron chi connectivity index (χ3n) is 9.86. The normalized spacial score (nSPS) is 17.8. The van der Waals surface area contributed by atoms with Crippen molar-refractivity contribution in [2.75, 3.05) is 13.2 Å². The quantitative estimate of drug-likeness (QED) is 0.186. The summed E-state index contributed by atoms with van der Waals surface area (Å²) in [5.74, 6) is -0.142. The molecule has 5 heterocycles. The summed E-state index contributed by atoms with van der Waals surface area (Å²) in [6, 6.07) is 46.4. The van der Waals surface area contributed by atoms with Crippen molar-refractivity contribution < 1.29 is 4.74 Å². The van der Waals surface area contributed by atoms with Crippen LogP contribution in [0.5, 0.6) is 0 Å². The summed E-state index contributed by atoms with van der Waals surface area (Å²) in [6.07, 6.45) is 10.5. The molecule has 0 saturated heterocycles. The van der Waals surface area contributed by atoms with Crippen LogP contribution in [0.1, 0.15) is 29.2 Å². The SMILES string of the molecule is CCOCC1C2=CN=C1C(c1ccccc1)=C1C=CC(=N1)C(c1ccccc1)=C1C=CC(=N1)C(c1ccccc1)=c1ccc([nH]1)=C2c1ccccc1. The van der Waals surface area contributed by atoms with Crippen LogP contribution in [-0.4, -0.2) is 35.3 Å². The van der Waals surface area contributed by atoms with Crippen molar-refractivity contribution in [3.63, 3.8) is 0 Å². The Hall–Kier alpha value is -6.43. The summed E-state index contributed by atoms with van der Waals surface area (Å²) >= 11 is 0. The lowest BCUT2D eigenvalue weighted by molar-refractivity contribution is 0.139. The van der Waals surface area contributed by atoms with Crippen LogP contribution in [0.15, 0.2) is 196 Å². The van der Waals surface area contributed by atoms with Crippen molar-refractivity contribution in [2.45, 2.75) is 6.92 Å². The number of aliphatic imine (C=N–C) groups is 3. The van der Waals surface area contributed by atoms with Crippen LogP contribution >= 0.6 is 0 Å². The van der Waals surface area contributed by atoms with E-state index in [1.54, 1.807) is 0 Å². The lowest BCUT2D eigenvalue weighted by atomic mass is 9.83. The first kappa shape index (κ1) is 31.5. The van der Waals surface area contributed by atoms with Crippen LogP contribution in [0.25, 0.3) is 22.3 Å². The van der Waals surface area contributed by atoms with Crippen molar-refractivity contribution in [2.24, 2.45) is 20.9 Å². The topological polar surface area (TPSA) is 62.1 Å². The standard InChI is InChI=1S/C47H36N4O/c1-2-52-30-36-35-29-48-47(36)46(34-21-13-6-14-22-34)42-28-27-41(51-42)45(33-19-11-5-12-20-33)40-26-25-39(50-40)44(32-17-9-4-10-18-32)38-24-23-37(49-38)43(35)31-15-7-3-8-16-31/h3-29,36,49H,2,30H2,1H3. The maximum atomic E-state index is 6.27. The molecule has 8 bridgehead atoms. The molecule has 5 heteroatoms. The molecule has 0 saturated carbocycles. The fourth-order valence-electron chi connectivity index (χ4n) is 7.51. The van der Waals surface area contributed by atoms with E-state index in [0.717, 1.165) is 89.3 Å². The molecule has 250 valence electrons. The van der Waals surface area contributed by atoms with Gasteiger partial charge in [-0.05, 0) is 71.2 Å². The number of hydrogen-bond acceptors (Lipinski definition) is 4. The molecule has 1 unspecified atom stereocenters. The molecule has 1 atom stereocenters. The molecule has 0 aliphatic carbocycles. The first-order valence-corrected chi connectivity index (χ1v) is 17.8. The molecule has 4 aliphatic rings.